The van der Waals surface area contributed by atoms with Crippen LogP contribution in [0.5, 0.6) is 17.2 Å². The Morgan fingerprint density at radius 1 is 1.10 bits per heavy atom. The molecule has 1 saturated heterocycles. The van der Waals surface area contributed by atoms with Crippen LogP contribution in [0.15, 0.2) is 41.3 Å². The molecule has 0 spiro atoms. The van der Waals surface area contributed by atoms with Crippen molar-refractivity contribution in [3.63, 3.8) is 0 Å². The van der Waals surface area contributed by atoms with Gasteiger partial charge < -0.3 is 14.2 Å². The average Bonchev–Trinajstić information content (AvgIpc) is 3.03. The molecule has 2 aromatic rings. The van der Waals surface area contributed by atoms with Crippen LogP contribution in [-0.4, -0.2) is 42.0 Å². The number of hydrogen-bond donors (Lipinski definition) is 0. The topological polar surface area (TPSA) is 48.0 Å². The van der Waals surface area contributed by atoms with Crippen LogP contribution in [0.2, 0.25) is 0 Å². The van der Waals surface area contributed by atoms with Crippen molar-refractivity contribution in [2.45, 2.75) is 27.2 Å². The molecule has 0 saturated carbocycles. The lowest BCUT2D eigenvalue weighted by Gasteiger charge is -2.14. The normalized spacial score (nSPS) is 15.0. The van der Waals surface area contributed by atoms with Gasteiger partial charge in [0.05, 0.1) is 25.2 Å². The van der Waals surface area contributed by atoms with Crippen molar-refractivity contribution in [3.05, 3.63) is 58.0 Å². The number of nitrogens with zero attached hydrogens (tertiary/aromatic N) is 1. The Morgan fingerprint density at radius 3 is 2.58 bits per heavy atom. The van der Waals surface area contributed by atoms with E-state index in [0.29, 0.717) is 46.9 Å². The summed E-state index contributed by atoms with van der Waals surface area (Å²) in [5, 5.41) is 0. The summed E-state index contributed by atoms with van der Waals surface area (Å²) in [6.45, 7) is 7.56. The molecule has 0 aromatic heterocycles. The number of ether oxygens (including phenoxy) is 3. The van der Waals surface area contributed by atoms with Gasteiger partial charge >= 0.3 is 0 Å². The summed E-state index contributed by atoms with van der Waals surface area (Å²) in [7, 11) is 1.60. The molecular weight excluding hydrogens is 430 g/mol. The first-order valence-corrected chi connectivity index (χ1v) is 11.4. The summed E-state index contributed by atoms with van der Waals surface area (Å²) in [6.07, 6.45) is 2.53. The van der Waals surface area contributed by atoms with Gasteiger partial charge in [0.25, 0.3) is 5.91 Å². The summed E-state index contributed by atoms with van der Waals surface area (Å²) >= 11 is 6.61. The van der Waals surface area contributed by atoms with Crippen molar-refractivity contribution < 1.29 is 19.0 Å². The van der Waals surface area contributed by atoms with Crippen LogP contribution in [0.1, 0.15) is 30.0 Å². The third-order valence-electron chi connectivity index (χ3n) is 4.84. The average molecular weight is 458 g/mol. The largest absolute Gasteiger partial charge is 0.493 e. The first kappa shape index (κ1) is 23.2. The molecule has 31 heavy (non-hydrogen) atoms. The van der Waals surface area contributed by atoms with Crippen molar-refractivity contribution >= 4 is 40.3 Å². The molecule has 164 valence electrons. The highest BCUT2D eigenvalue weighted by Gasteiger charge is 2.31. The van der Waals surface area contributed by atoms with Gasteiger partial charge in [0.1, 0.15) is 10.1 Å². The minimum Gasteiger partial charge on any atom is -0.493 e. The summed E-state index contributed by atoms with van der Waals surface area (Å²) in [6, 6.07) is 11.8. The first-order chi connectivity index (χ1) is 14.9. The fourth-order valence-corrected chi connectivity index (χ4v) is 4.53. The van der Waals surface area contributed by atoms with Crippen LogP contribution >= 0.6 is 24.0 Å². The van der Waals surface area contributed by atoms with Gasteiger partial charge in [-0.15, -0.1) is 0 Å². The van der Waals surface area contributed by atoms with Crippen molar-refractivity contribution in [2.24, 2.45) is 0 Å². The highest BCUT2D eigenvalue weighted by molar-refractivity contribution is 8.26. The Bertz CT molecular complexity index is 1000. The number of para-hydroxylation sites is 1. The van der Waals surface area contributed by atoms with E-state index in [1.807, 2.05) is 51.1 Å². The number of likely N-dealkylation sites (N-methyl/N-ethyl adjacent to an activating group) is 1. The molecule has 1 fully saturated rings. The monoisotopic (exact) mass is 457 g/mol. The SMILES string of the molecule is CCN1C(=O)/C(=C/c2cccc(OC)c2OCCCOc2cc(C)ccc2C)SC1=S. The van der Waals surface area contributed by atoms with Crippen LogP contribution in [0.4, 0.5) is 0 Å². The lowest BCUT2D eigenvalue weighted by Crippen LogP contribution is -2.27. The Balaban J connectivity index is 1.67. The highest BCUT2D eigenvalue weighted by atomic mass is 32.2. The van der Waals surface area contributed by atoms with E-state index in [9.17, 15) is 4.79 Å². The molecule has 5 nitrogen and oxygen atoms in total. The Kier molecular flexibility index (Phi) is 7.98. The quantitative estimate of drug-likeness (QED) is 0.286. The summed E-state index contributed by atoms with van der Waals surface area (Å²) in [4.78, 5) is 14.7. The Labute approximate surface area is 193 Å². The number of thiocarbonyl (C=S) groups is 1. The van der Waals surface area contributed by atoms with E-state index in [1.165, 1.54) is 17.3 Å². The number of hydrogen-bond acceptors (Lipinski definition) is 6. The predicted octanol–water partition coefficient (Wildman–Crippen LogP) is 5.38. The predicted molar refractivity (Wildman–Crippen MR) is 130 cm³/mol. The van der Waals surface area contributed by atoms with Gasteiger partial charge in [-0.2, -0.15) is 0 Å². The molecule has 7 heteroatoms. The molecule has 0 bridgehead atoms. The molecular formula is C24H27NO4S2. The second-order valence-corrected chi connectivity index (χ2v) is 8.80. The number of methoxy groups -OCH3 is 1. The van der Waals surface area contributed by atoms with E-state index >= 15 is 0 Å². The van der Waals surface area contributed by atoms with E-state index in [-0.39, 0.29) is 5.91 Å². The van der Waals surface area contributed by atoms with Gasteiger partial charge in [-0.25, -0.2) is 0 Å². The van der Waals surface area contributed by atoms with Crippen molar-refractivity contribution in [1.82, 2.24) is 4.90 Å². The third-order valence-corrected chi connectivity index (χ3v) is 6.22. The molecule has 1 heterocycles. The van der Waals surface area contributed by atoms with Gasteiger partial charge in [0, 0.05) is 18.5 Å². The number of benzene rings is 2. The van der Waals surface area contributed by atoms with Crippen molar-refractivity contribution in [3.8, 4) is 17.2 Å². The fourth-order valence-electron chi connectivity index (χ4n) is 3.15. The maximum Gasteiger partial charge on any atom is 0.266 e. The molecule has 1 aliphatic rings. The number of thioether (sulfide) groups is 1. The highest BCUT2D eigenvalue weighted by Crippen LogP contribution is 2.37. The molecule has 0 N–H and O–H groups in total. The maximum atomic E-state index is 12.6. The molecule has 1 amide bonds. The molecule has 0 aliphatic carbocycles. The van der Waals surface area contributed by atoms with E-state index in [4.69, 9.17) is 26.4 Å². The maximum absolute atomic E-state index is 12.6. The zero-order valence-electron chi connectivity index (χ0n) is 18.3. The molecule has 0 radical (unpaired) electrons. The number of carbonyl (C=O) groups is 1. The van der Waals surface area contributed by atoms with Crippen LogP contribution in [-0.2, 0) is 4.79 Å². The van der Waals surface area contributed by atoms with E-state index < -0.39 is 0 Å². The minimum atomic E-state index is -0.0757. The standard InChI is InChI=1S/C24H27NO4S2/c1-5-25-23(26)21(31-24(25)30)15-18-8-6-9-19(27-4)22(18)29-13-7-12-28-20-14-16(2)10-11-17(20)3/h6,8-11,14-15H,5,7,12-13H2,1-4H3/b21-15-. The second kappa shape index (κ2) is 10.7. The van der Waals surface area contributed by atoms with Crippen LogP contribution in [0.25, 0.3) is 6.08 Å². The molecule has 3 rings (SSSR count). The zero-order valence-corrected chi connectivity index (χ0v) is 19.9. The smallest absolute Gasteiger partial charge is 0.266 e. The second-order valence-electron chi connectivity index (χ2n) is 7.12. The lowest BCUT2D eigenvalue weighted by molar-refractivity contribution is -0.121. The number of rotatable bonds is 9. The lowest BCUT2D eigenvalue weighted by atomic mass is 10.1. The fraction of sp³-hybridized carbons (Fsp3) is 0.333. The Hall–Kier alpha value is -2.51. The van der Waals surface area contributed by atoms with Gasteiger partial charge in [-0.05, 0) is 50.1 Å². The van der Waals surface area contributed by atoms with Crippen LogP contribution < -0.4 is 14.2 Å². The van der Waals surface area contributed by atoms with Crippen molar-refractivity contribution in [1.29, 1.82) is 0 Å². The van der Waals surface area contributed by atoms with E-state index in [2.05, 4.69) is 12.1 Å². The van der Waals surface area contributed by atoms with Crippen molar-refractivity contribution in [2.75, 3.05) is 26.9 Å². The van der Waals surface area contributed by atoms with Gasteiger partial charge in [0.2, 0.25) is 0 Å². The Morgan fingerprint density at radius 2 is 1.87 bits per heavy atom. The number of aryl methyl sites for hydroxylation is 2. The molecule has 0 atom stereocenters. The summed E-state index contributed by atoms with van der Waals surface area (Å²) < 4.78 is 18.0. The number of amides is 1. The zero-order chi connectivity index (χ0) is 22.4. The van der Waals surface area contributed by atoms with Crippen LogP contribution in [0.3, 0.4) is 0 Å². The summed E-state index contributed by atoms with van der Waals surface area (Å²) in [5.41, 5.74) is 3.07. The van der Waals surface area contributed by atoms with Gasteiger partial charge in [0.15, 0.2) is 11.5 Å². The molecule has 2 aromatic carbocycles. The third kappa shape index (κ3) is 5.60. The molecule has 0 unspecified atom stereocenters. The first-order valence-electron chi connectivity index (χ1n) is 10.2. The van der Waals surface area contributed by atoms with Gasteiger partial charge in [-0.3, -0.25) is 9.69 Å². The van der Waals surface area contributed by atoms with E-state index in [0.717, 1.165) is 16.9 Å². The minimum absolute atomic E-state index is 0.0757. The van der Waals surface area contributed by atoms with Gasteiger partial charge in [-0.1, -0.05) is 48.2 Å². The van der Waals surface area contributed by atoms with Crippen LogP contribution in [0, 0.1) is 13.8 Å². The number of carbonyl (C=O) groups excluding carboxylic acids is 1. The van der Waals surface area contributed by atoms with E-state index in [1.54, 1.807) is 12.0 Å². The molecule has 1 aliphatic heterocycles. The summed E-state index contributed by atoms with van der Waals surface area (Å²) in [5.74, 6) is 2.05.